The van der Waals surface area contributed by atoms with Gasteiger partial charge in [0.05, 0.1) is 6.04 Å². The van der Waals surface area contributed by atoms with Crippen molar-refractivity contribution in [1.29, 1.82) is 0 Å². The summed E-state index contributed by atoms with van der Waals surface area (Å²) in [4.78, 5) is 25.8. The van der Waals surface area contributed by atoms with E-state index in [1.165, 1.54) is 7.11 Å². The van der Waals surface area contributed by atoms with Crippen LogP contribution in [-0.2, 0) is 14.3 Å². The molecule has 1 amide bonds. The van der Waals surface area contributed by atoms with Gasteiger partial charge in [0.2, 0.25) is 0 Å². The van der Waals surface area contributed by atoms with Crippen LogP contribution in [-0.4, -0.2) is 36.3 Å². The molecule has 1 fully saturated rings. The van der Waals surface area contributed by atoms with Crippen molar-refractivity contribution in [3.8, 4) is 0 Å². The van der Waals surface area contributed by atoms with Crippen molar-refractivity contribution in [2.24, 2.45) is 0 Å². The van der Waals surface area contributed by atoms with Crippen LogP contribution >= 0.6 is 0 Å². The minimum Gasteiger partial charge on any atom is -0.367 e. The maximum Gasteiger partial charge on any atom is 0.256 e. The summed E-state index contributed by atoms with van der Waals surface area (Å²) < 4.78 is 5.34. The Labute approximate surface area is 113 Å². The van der Waals surface area contributed by atoms with Crippen LogP contribution in [0.5, 0.6) is 0 Å². The zero-order valence-electron chi connectivity index (χ0n) is 11.3. The molecule has 2 atom stereocenters. The monoisotopic (exact) mass is 261 g/mol. The second-order valence-corrected chi connectivity index (χ2v) is 4.83. The highest BCUT2D eigenvalue weighted by molar-refractivity contribution is 5.90. The SMILES string of the molecule is COC(C(=O)N1CCC[C@H]1C(C)=O)c1ccccc1. The van der Waals surface area contributed by atoms with Gasteiger partial charge < -0.3 is 9.64 Å². The van der Waals surface area contributed by atoms with Crippen LogP contribution in [0.1, 0.15) is 31.4 Å². The molecule has 1 aliphatic rings. The molecule has 19 heavy (non-hydrogen) atoms. The van der Waals surface area contributed by atoms with Gasteiger partial charge in [-0.05, 0) is 25.3 Å². The number of ketones is 1. The maximum absolute atomic E-state index is 12.5. The van der Waals surface area contributed by atoms with Gasteiger partial charge in [0.1, 0.15) is 0 Å². The number of nitrogens with zero attached hydrogens (tertiary/aromatic N) is 1. The Hall–Kier alpha value is -1.68. The van der Waals surface area contributed by atoms with Gasteiger partial charge in [-0.1, -0.05) is 30.3 Å². The first-order chi connectivity index (χ1) is 9.15. The number of ether oxygens (including phenoxy) is 1. The van der Waals surface area contributed by atoms with E-state index in [1.807, 2.05) is 30.3 Å². The van der Waals surface area contributed by atoms with Crippen molar-refractivity contribution in [3.63, 3.8) is 0 Å². The molecule has 1 unspecified atom stereocenters. The number of amides is 1. The highest BCUT2D eigenvalue weighted by atomic mass is 16.5. The summed E-state index contributed by atoms with van der Waals surface area (Å²) in [5, 5.41) is 0. The fourth-order valence-corrected chi connectivity index (χ4v) is 2.61. The van der Waals surface area contributed by atoms with Gasteiger partial charge in [-0.25, -0.2) is 0 Å². The Bertz CT molecular complexity index is 458. The topological polar surface area (TPSA) is 46.6 Å². The molecule has 1 aromatic rings. The van der Waals surface area contributed by atoms with E-state index in [1.54, 1.807) is 11.8 Å². The second kappa shape index (κ2) is 5.97. The normalized spacial score (nSPS) is 20.3. The summed E-state index contributed by atoms with van der Waals surface area (Å²) >= 11 is 0. The Morgan fingerprint density at radius 2 is 2.00 bits per heavy atom. The molecule has 0 radical (unpaired) electrons. The number of rotatable bonds is 4. The van der Waals surface area contributed by atoms with Crippen LogP contribution in [0.3, 0.4) is 0 Å². The van der Waals surface area contributed by atoms with Crippen molar-refractivity contribution in [2.45, 2.75) is 31.9 Å². The molecule has 0 bridgehead atoms. The average molecular weight is 261 g/mol. The van der Waals surface area contributed by atoms with Crippen LogP contribution in [0.4, 0.5) is 0 Å². The van der Waals surface area contributed by atoms with E-state index < -0.39 is 6.10 Å². The number of hydrogen-bond acceptors (Lipinski definition) is 3. The highest BCUT2D eigenvalue weighted by Gasteiger charge is 2.35. The first-order valence-corrected chi connectivity index (χ1v) is 6.54. The minimum atomic E-state index is -0.624. The van der Waals surface area contributed by atoms with Crippen LogP contribution in [0, 0.1) is 0 Å². The number of carbonyl (C=O) groups is 2. The number of hydrogen-bond donors (Lipinski definition) is 0. The van der Waals surface area contributed by atoms with Crippen LogP contribution in [0.15, 0.2) is 30.3 Å². The number of likely N-dealkylation sites (tertiary alicyclic amines) is 1. The van der Waals surface area contributed by atoms with E-state index in [0.29, 0.717) is 6.54 Å². The highest BCUT2D eigenvalue weighted by Crippen LogP contribution is 2.25. The lowest BCUT2D eigenvalue weighted by Gasteiger charge is -2.27. The molecule has 0 spiro atoms. The molecule has 1 aliphatic heterocycles. The second-order valence-electron chi connectivity index (χ2n) is 4.83. The smallest absolute Gasteiger partial charge is 0.256 e. The largest absolute Gasteiger partial charge is 0.367 e. The van der Waals surface area contributed by atoms with Gasteiger partial charge in [0.25, 0.3) is 5.91 Å². The fourth-order valence-electron chi connectivity index (χ4n) is 2.61. The predicted octanol–water partition coefficient (Wildman–Crippen LogP) is 1.95. The summed E-state index contributed by atoms with van der Waals surface area (Å²) in [6, 6.07) is 9.10. The Kier molecular flexibility index (Phi) is 4.32. The van der Waals surface area contributed by atoms with Crippen molar-refractivity contribution in [1.82, 2.24) is 4.90 Å². The Morgan fingerprint density at radius 3 is 2.58 bits per heavy atom. The number of methoxy groups -OCH3 is 1. The lowest BCUT2D eigenvalue weighted by atomic mass is 10.1. The number of Topliss-reactive ketones (excluding diaryl/α,β-unsaturated/α-hetero) is 1. The fraction of sp³-hybridized carbons (Fsp3) is 0.467. The maximum atomic E-state index is 12.5. The van der Waals surface area contributed by atoms with Crippen molar-refractivity contribution < 1.29 is 14.3 Å². The first kappa shape index (κ1) is 13.7. The molecule has 0 saturated carbocycles. The third-order valence-corrected chi connectivity index (χ3v) is 3.57. The van der Waals surface area contributed by atoms with Crippen molar-refractivity contribution in [2.75, 3.05) is 13.7 Å². The van der Waals surface area contributed by atoms with Gasteiger partial charge >= 0.3 is 0 Å². The molecule has 0 aromatic heterocycles. The molecule has 1 saturated heterocycles. The Morgan fingerprint density at radius 1 is 1.32 bits per heavy atom. The first-order valence-electron chi connectivity index (χ1n) is 6.54. The van der Waals surface area contributed by atoms with E-state index in [0.717, 1.165) is 18.4 Å². The van der Waals surface area contributed by atoms with E-state index in [2.05, 4.69) is 0 Å². The average Bonchev–Trinajstić information content (AvgIpc) is 2.90. The van der Waals surface area contributed by atoms with E-state index in [-0.39, 0.29) is 17.7 Å². The number of carbonyl (C=O) groups excluding carboxylic acids is 2. The van der Waals surface area contributed by atoms with Gasteiger partial charge in [-0.15, -0.1) is 0 Å². The summed E-state index contributed by atoms with van der Waals surface area (Å²) in [5.74, 6) is -0.0693. The van der Waals surface area contributed by atoms with Gasteiger partial charge in [0.15, 0.2) is 11.9 Å². The lowest BCUT2D eigenvalue weighted by Crippen LogP contribution is -2.42. The quantitative estimate of drug-likeness (QED) is 0.832. The van der Waals surface area contributed by atoms with Crippen LogP contribution < -0.4 is 0 Å². The minimum absolute atomic E-state index is 0.0498. The van der Waals surface area contributed by atoms with Gasteiger partial charge in [-0.2, -0.15) is 0 Å². The standard InChI is InChI=1S/C15H19NO3/c1-11(17)13-9-6-10-16(13)15(18)14(19-2)12-7-4-3-5-8-12/h3-5,7-8,13-14H,6,9-10H2,1-2H3/t13-,14?/m0/s1. The summed E-state index contributed by atoms with van der Waals surface area (Å²) in [6.07, 6.45) is 1.01. The molecular weight excluding hydrogens is 242 g/mol. The molecule has 1 aromatic carbocycles. The van der Waals surface area contributed by atoms with Gasteiger partial charge in [0, 0.05) is 13.7 Å². The summed E-state index contributed by atoms with van der Waals surface area (Å²) in [7, 11) is 1.52. The third kappa shape index (κ3) is 2.84. The third-order valence-electron chi connectivity index (χ3n) is 3.57. The Balaban J connectivity index is 2.19. The van der Waals surface area contributed by atoms with E-state index >= 15 is 0 Å². The molecule has 102 valence electrons. The summed E-state index contributed by atoms with van der Waals surface area (Å²) in [6.45, 7) is 2.18. The molecule has 4 nitrogen and oxygen atoms in total. The molecule has 1 heterocycles. The molecule has 4 heteroatoms. The molecule has 2 rings (SSSR count). The lowest BCUT2D eigenvalue weighted by molar-refractivity contribution is -0.146. The van der Waals surface area contributed by atoms with Crippen LogP contribution in [0.25, 0.3) is 0 Å². The van der Waals surface area contributed by atoms with Crippen molar-refractivity contribution >= 4 is 11.7 Å². The molecular formula is C15H19NO3. The summed E-state index contributed by atoms with van der Waals surface area (Å²) in [5.41, 5.74) is 0.823. The predicted molar refractivity (Wildman–Crippen MR) is 71.6 cm³/mol. The molecule has 0 N–H and O–H groups in total. The molecule has 0 aliphatic carbocycles. The zero-order chi connectivity index (χ0) is 13.8. The van der Waals surface area contributed by atoms with Crippen molar-refractivity contribution in [3.05, 3.63) is 35.9 Å². The van der Waals surface area contributed by atoms with Crippen LogP contribution in [0.2, 0.25) is 0 Å². The number of benzene rings is 1. The van der Waals surface area contributed by atoms with E-state index in [4.69, 9.17) is 4.74 Å². The van der Waals surface area contributed by atoms with E-state index in [9.17, 15) is 9.59 Å². The van der Waals surface area contributed by atoms with Gasteiger partial charge in [-0.3, -0.25) is 9.59 Å². The zero-order valence-corrected chi connectivity index (χ0v) is 11.3.